The molecule has 3 nitrogen and oxygen atoms in total. The number of hydrogen-bond donors (Lipinski definition) is 0. The molecule has 2 rings (SSSR count). The Kier molecular flexibility index (Phi) is 4.26. The van der Waals surface area contributed by atoms with Gasteiger partial charge in [-0.2, -0.15) is 0 Å². The maximum absolute atomic E-state index is 12.0. The van der Waals surface area contributed by atoms with Gasteiger partial charge in [0.2, 0.25) is 0 Å². The molecule has 1 heterocycles. The molecule has 1 fully saturated rings. The van der Waals surface area contributed by atoms with E-state index in [1.54, 1.807) is 0 Å². The van der Waals surface area contributed by atoms with Crippen LogP contribution in [0.2, 0.25) is 0 Å². The summed E-state index contributed by atoms with van der Waals surface area (Å²) in [4.78, 5) is 25.3. The number of carbonyl (C=O) groups is 2. The second-order valence-electron chi connectivity index (χ2n) is 4.92. The first-order valence-corrected chi connectivity index (χ1v) is 6.49. The molecule has 0 saturated carbocycles. The van der Waals surface area contributed by atoms with Gasteiger partial charge in [0, 0.05) is 44.5 Å². The molecule has 0 unspecified atom stereocenters. The fraction of sp³-hybridized carbons (Fsp3) is 0.467. The van der Waals surface area contributed by atoms with Gasteiger partial charge in [0.1, 0.15) is 5.78 Å². The largest absolute Gasteiger partial charge is 0.302 e. The van der Waals surface area contributed by atoms with Crippen molar-refractivity contribution in [3.05, 3.63) is 35.4 Å². The van der Waals surface area contributed by atoms with Gasteiger partial charge in [-0.25, -0.2) is 0 Å². The highest BCUT2D eigenvalue weighted by Gasteiger charge is 2.16. The van der Waals surface area contributed by atoms with Crippen LogP contribution in [0, 0.1) is 6.92 Å². The molecule has 3 heteroatoms. The number of benzene rings is 1. The zero-order valence-electron chi connectivity index (χ0n) is 10.8. The van der Waals surface area contributed by atoms with Crippen LogP contribution in [-0.2, 0) is 4.79 Å². The van der Waals surface area contributed by atoms with Gasteiger partial charge in [0.25, 0.3) is 0 Å². The molecule has 1 aromatic rings. The number of ketones is 2. The summed E-state index contributed by atoms with van der Waals surface area (Å²) < 4.78 is 0. The molecule has 0 amide bonds. The molecule has 1 aliphatic rings. The molecule has 0 spiro atoms. The van der Waals surface area contributed by atoms with E-state index in [1.807, 2.05) is 31.2 Å². The zero-order chi connectivity index (χ0) is 13.0. The van der Waals surface area contributed by atoms with Crippen LogP contribution in [0.3, 0.4) is 0 Å². The van der Waals surface area contributed by atoms with Crippen LogP contribution < -0.4 is 0 Å². The Hall–Kier alpha value is -1.48. The van der Waals surface area contributed by atoms with Crippen molar-refractivity contribution in [1.82, 2.24) is 4.90 Å². The maximum Gasteiger partial charge on any atom is 0.164 e. The first kappa shape index (κ1) is 13.0. The zero-order valence-corrected chi connectivity index (χ0v) is 10.8. The summed E-state index contributed by atoms with van der Waals surface area (Å²) in [6.45, 7) is 4.39. The van der Waals surface area contributed by atoms with Gasteiger partial charge >= 0.3 is 0 Å². The molecule has 18 heavy (non-hydrogen) atoms. The molecule has 0 aromatic heterocycles. The van der Waals surface area contributed by atoms with Crippen LogP contribution in [0.1, 0.15) is 35.2 Å². The molecular formula is C15H19NO2. The lowest BCUT2D eigenvalue weighted by Gasteiger charge is -2.25. The van der Waals surface area contributed by atoms with Crippen LogP contribution in [0.4, 0.5) is 0 Å². The first-order valence-electron chi connectivity index (χ1n) is 6.49. The normalized spacial score (nSPS) is 16.8. The summed E-state index contributed by atoms with van der Waals surface area (Å²) in [7, 11) is 0. The van der Waals surface area contributed by atoms with Crippen LogP contribution in [0.15, 0.2) is 24.3 Å². The Morgan fingerprint density at radius 1 is 1.17 bits per heavy atom. The fourth-order valence-corrected chi connectivity index (χ4v) is 2.17. The van der Waals surface area contributed by atoms with E-state index in [-0.39, 0.29) is 5.78 Å². The van der Waals surface area contributed by atoms with E-state index >= 15 is 0 Å². The van der Waals surface area contributed by atoms with Crippen molar-refractivity contribution in [3.63, 3.8) is 0 Å². The maximum atomic E-state index is 12.0. The minimum atomic E-state index is 0.187. The molecular weight excluding hydrogens is 226 g/mol. The number of piperidine rings is 1. The van der Waals surface area contributed by atoms with E-state index in [0.29, 0.717) is 25.0 Å². The van der Waals surface area contributed by atoms with Gasteiger partial charge in [-0.05, 0) is 6.92 Å². The Bertz CT molecular complexity index is 426. The number of rotatable bonds is 4. The summed E-state index contributed by atoms with van der Waals surface area (Å²) in [5.74, 6) is 0.531. The van der Waals surface area contributed by atoms with Crippen LogP contribution in [0.25, 0.3) is 0 Å². The van der Waals surface area contributed by atoms with E-state index in [0.717, 1.165) is 25.2 Å². The lowest BCUT2D eigenvalue weighted by Crippen LogP contribution is -2.35. The quantitative estimate of drug-likeness (QED) is 0.763. The second kappa shape index (κ2) is 5.91. The lowest BCUT2D eigenvalue weighted by atomic mass is 10.1. The molecule has 0 radical (unpaired) electrons. The number of nitrogens with zero attached hydrogens (tertiary/aromatic N) is 1. The van der Waals surface area contributed by atoms with E-state index < -0.39 is 0 Å². The highest BCUT2D eigenvalue weighted by molar-refractivity contribution is 5.96. The highest BCUT2D eigenvalue weighted by atomic mass is 16.1. The van der Waals surface area contributed by atoms with Gasteiger partial charge in [-0.1, -0.05) is 29.8 Å². The van der Waals surface area contributed by atoms with Gasteiger partial charge in [-0.15, -0.1) is 0 Å². The van der Waals surface area contributed by atoms with E-state index in [1.165, 1.54) is 5.56 Å². The number of hydrogen-bond acceptors (Lipinski definition) is 3. The van der Waals surface area contributed by atoms with Crippen molar-refractivity contribution in [2.75, 3.05) is 19.6 Å². The summed E-state index contributed by atoms with van der Waals surface area (Å²) in [6.07, 6.45) is 1.81. The molecule has 0 atom stereocenters. The minimum Gasteiger partial charge on any atom is -0.302 e. The average Bonchev–Trinajstić information content (AvgIpc) is 2.38. The molecule has 1 aliphatic heterocycles. The lowest BCUT2D eigenvalue weighted by molar-refractivity contribution is -0.121. The Morgan fingerprint density at radius 2 is 1.78 bits per heavy atom. The standard InChI is InChI=1S/C15H19NO2/c1-12-2-4-13(5-3-12)15(18)8-11-16-9-6-14(17)7-10-16/h2-5H,6-11H2,1H3. The number of likely N-dealkylation sites (tertiary alicyclic amines) is 1. The summed E-state index contributed by atoms with van der Waals surface area (Å²) in [5.41, 5.74) is 1.95. The smallest absolute Gasteiger partial charge is 0.164 e. The molecule has 0 N–H and O–H groups in total. The minimum absolute atomic E-state index is 0.187. The Balaban J connectivity index is 1.81. The van der Waals surface area contributed by atoms with Gasteiger partial charge in [-0.3, -0.25) is 9.59 Å². The fourth-order valence-electron chi connectivity index (χ4n) is 2.17. The molecule has 0 bridgehead atoms. The van der Waals surface area contributed by atoms with Crippen LogP contribution in [0.5, 0.6) is 0 Å². The molecule has 96 valence electrons. The summed E-state index contributed by atoms with van der Waals surface area (Å²) in [6, 6.07) is 7.70. The van der Waals surface area contributed by atoms with Gasteiger partial charge in [0.05, 0.1) is 0 Å². The number of carbonyl (C=O) groups excluding carboxylic acids is 2. The van der Waals surface area contributed by atoms with Crippen molar-refractivity contribution in [3.8, 4) is 0 Å². The molecule has 1 aromatic carbocycles. The molecule has 1 saturated heterocycles. The predicted octanol–water partition coefficient (Wildman–Crippen LogP) is 2.23. The number of Topliss-reactive ketones (excluding diaryl/α,β-unsaturated/α-hetero) is 2. The van der Waals surface area contributed by atoms with Crippen molar-refractivity contribution in [2.24, 2.45) is 0 Å². The van der Waals surface area contributed by atoms with Crippen molar-refractivity contribution in [1.29, 1.82) is 0 Å². The van der Waals surface area contributed by atoms with Crippen molar-refractivity contribution >= 4 is 11.6 Å². The third-order valence-corrected chi connectivity index (χ3v) is 3.44. The predicted molar refractivity (Wildman–Crippen MR) is 70.8 cm³/mol. The van der Waals surface area contributed by atoms with E-state index in [9.17, 15) is 9.59 Å². The van der Waals surface area contributed by atoms with Gasteiger partial charge in [0.15, 0.2) is 5.78 Å². The third-order valence-electron chi connectivity index (χ3n) is 3.44. The van der Waals surface area contributed by atoms with Crippen LogP contribution in [-0.4, -0.2) is 36.1 Å². The van der Waals surface area contributed by atoms with Crippen molar-refractivity contribution in [2.45, 2.75) is 26.2 Å². The van der Waals surface area contributed by atoms with E-state index in [4.69, 9.17) is 0 Å². The third kappa shape index (κ3) is 3.50. The first-order chi connectivity index (χ1) is 8.65. The summed E-state index contributed by atoms with van der Waals surface area (Å²) >= 11 is 0. The highest BCUT2D eigenvalue weighted by Crippen LogP contribution is 2.09. The number of aryl methyl sites for hydroxylation is 1. The van der Waals surface area contributed by atoms with Gasteiger partial charge < -0.3 is 4.90 Å². The topological polar surface area (TPSA) is 37.4 Å². The summed E-state index contributed by atoms with van der Waals surface area (Å²) in [5, 5.41) is 0. The average molecular weight is 245 g/mol. The second-order valence-corrected chi connectivity index (χ2v) is 4.92. The van der Waals surface area contributed by atoms with E-state index in [2.05, 4.69) is 4.90 Å². The SMILES string of the molecule is Cc1ccc(C(=O)CCN2CCC(=O)CC2)cc1. The Labute approximate surface area is 108 Å². The monoisotopic (exact) mass is 245 g/mol. The van der Waals surface area contributed by atoms with Crippen LogP contribution >= 0.6 is 0 Å². The Morgan fingerprint density at radius 3 is 2.39 bits per heavy atom. The van der Waals surface area contributed by atoms with Crippen molar-refractivity contribution < 1.29 is 9.59 Å². The molecule has 0 aliphatic carbocycles.